The van der Waals surface area contributed by atoms with E-state index in [1.807, 2.05) is 13.0 Å². The lowest BCUT2D eigenvalue weighted by Crippen LogP contribution is -2.36. The molecule has 0 saturated carbocycles. The van der Waals surface area contributed by atoms with Crippen molar-refractivity contribution in [2.45, 2.75) is 17.5 Å². The standard InChI is InChI=1S/C11H13BrO3S/c1-8-5-4-6-9(7-8)10(13)11(2,12)16(3,14)15/h4-7H,1-3H3/t11-/m0/s1. The third-order valence-corrected chi connectivity index (χ3v) is 6.08. The second-order valence-corrected chi connectivity index (χ2v) is 8.36. The third kappa shape index (κ3) is 2.52. The number of alkyl halides is 1. The van der Waals surface area contributed by atoms with Crippen LogP contribution in [0.4, 0.5) is 0 Å². The zero-order valence-electron chi connectivity index (χ0n) is 9.32. The molecule has 5 heteroatoms. The number of aryl methyl sites for hydroxylation is 1. The highest BCUT2D eigenvalue weighted by molar-refractivity contribution is 9.12. The van der Waals surface area contributed by atoms with E-state index in [-0.39, 0.29) is 0 Å². The van der Waals surface area contributed by atoms with Crippen molar-refractivity contribution in [3.8, 4) is 0 Å². The number of ketones is 1. The molecule has 1 aromatic carbocycles. The normalized spacial score (nSPS) is 15.5. The van der Waals surface area contributed by atoms with Gasteiger partial charge in [-0.3, -0.25) is 4.79 Å². The lowest BCUT2D eigenvalue weighted by molar-refractivity contribution is 0.0983. The van der Waals surface area contributed by atoms with E-state index in [0.717, 1.165) is 11.8 Å². The van der Waals surface area contributed by atoms with E-state index >= 15 is 0 Å². The van der Waals surface area contributed by atoms with Crippen LogP contribution in [0.15, 0.2) is 24.3 Å². The molecule has 0 aliphatic heterocycles. The highest BCUT2D eigenvalue weighted by Gasteiger charge is 2.41. The average Bonchev–Trinajstić information content (AvgIpc) is 2.14. The zero-order chi connectivity index (χ0) is 12.6. The smallest absolute Gasteiger partial charge is 0.194 e. The Hall–Kier alpha value is -0.680. The maximum absolute atomic E-state index is 12.0. The summed E-state index contributed by atoms with van der Waals surface area (Å²) in [4.78, 5) is 12.0. The highest BCUT2D eigenvalue weighted by atomic mass is 79.9. The van der Waals surface area contributed by atoms with Crippen molar-refractivity contribution in [3.05, 3.63) is 35.4 Å². The predicted molar refractivity (Wildman–Crippen MR) is 67.7 cm³/mol. The fourth-order valence-corrected chi connectivity index (χ4v) is 1.90. The number of hydrogen-bond donors (Lipinski definition) is 0. The van der Waals surface area contributed by atoms with Crippen molar-refractivity contribution in [2.75, 3.05) is 6.26 Å². The minimum absolute atomic E-state index is 0.393. The molecule has 0 unspecified atom stereocenters. The molecule has 3 nitrogen and oxygen atoms in total. The van der Waals surface area contributed by atoms with Crippen molar-refractivity contribution < 1.29 is 13.2 Å². The van der Waals surface area contributed by atoms with Crippen LogP contribution in [0.2, 0.25) is 0 Å². The summed E-state index contributed by atoms with van der Waals surface area (Å²) in [6.45, 7) is 3.20. The molecule has 0 heterocycles. The molecule has 16 heavy (non-hydrogen) atoms. The van der Waals surface area contributed by atoms with Crippen LogP contribution < -0.4 is 0 Å². The van der Waals surface area contributed by atoms with Crippen molar-refractivity contribution >= 4 is 31.6 Å². The molecule has 0 aromatic heterocycles. The van der Waals surface area contributed by atoms with Gasteiger partial charge in [-0.25, -0.2) is 8.42 Å². The number of carbonyl (C=O) groups is 1. The Balaban J connectivity index is 3.23. The van der Waals surface area contributed by atoms with Crippen LogP contribution in [0.3, 0.4) is 0 Å². The lowest BCUT2D eigenvalue weighted by Gasteiger charge is -2.18. The summed E-state index contributed by atoms with van der Waals surface area (Å²) in [7, 11) is -3.50. The molecule has 0 amide bonds. The second-order valence-electron chi connectivity index (χ2n) is 3.89. The van der Waals surface area contributed by atoms with Crippen LogP contribution in [0, 0.1) is 6.92 Å². The maximum Gasteiger partial charge on any atom is 0.194 e. The summed E-state index contributed by atoms with van der Waals surface area (Å²) in [5.74, 6) is -0.446. The van der Waals surface area contributed by atoms with Gasteiger partial charge < -0.3 is 0 Å². The molecule has 1 rings (SSSR count). The summed E-state index contributed by atoms with van der Waals surface area (Å²) in [6.07, 6.45) is 1.04. The van der Waals surface area contributed by atoms with Gasteiger partial charge in [-0.15, -0.1) is 0 Å². The van der Waals surface area contributed by atoms with Gasteiger partial charge in [0, 0.05) is 11.8 Å². The SMILES string of the molecule is Cc1cccc(C(=O)[C@@](C)(Br)S(C)(=O)=O)c1. The van der Waals surface area contributed by atoms with Crippen LogP contribution in [0.1, 0.15) is 22.8 Å². The van der Waals surface area contributed by atoms with Crippen LogP contribution in [-0.2, 0) is 9.84 Å². The minimum atomic E-state index is -3.50. The molecule has 0 spiro atoms. The Kier molecular flexibility index (Phi) is 3.59. The summed E-state index contributed by atoms with van der Waals surface area (Å²) < 4.78 is 21.4. The van der Waals surface area contributed by atoms with Crippen molar-refractivity contribution in [3.63, 3.8) is 0 Å². The van der Waals surface area contributed by atoms with E-state index in [1.165, 1.54) is 6.92 Å². The van der Waals surface area contributed by atoms with Gasteiger partial charge in [0.15, 0.2) is 19.3 Å². The lowest BCUT2D eigenvalue weighted by atomic mass is 10.1. The van der Waals surface area contributed by atoms with E-state index in [2.05, 4.69) is 15.9 Å². The summed E-state index contributed by atoms with van der Waals surface area (Å²) in [5, 5.41) is 0. The van der Waals surface area contributed by atoms with Gasteiger partial charge in [0.25, 0.3) is 0 Å². The Morgan fingerprint density at radius 3 is 2.38 bits per heavy atom. The number of rotatable bonds is 3. The van der Waals surface area contributed by atoms with Crippen molar-refractivity contribution in [2.24, 2.45) is 0 Å². The fourth-order valence-electron chi connectivity index (χ4n) is 1.21. The van der Waals surface area contributed by atoms with Gasteiger partial charge in [-0.1, -0.05) is 39.7 Å². The number of hydrogen-bond acceptors (Lipinski definition) is 3. The first-order valence-corrected chi connectivity index (χ1v) is 7.34. The molecule has 0 aliphatic carbocycles. The summed E-state index contributed by atoms with van der Waals surface area (Å²) in [6, 6.07) is 6.86. The number of sulfone groups is 1. The first kappa shape index (κ1) is 13.4. The van der Waals surface area contributed by atoms with E-state index < -0.39 is 19.3 Å². The van der Waals surface area contributed by atoms with Crippen LogP contribution in [-0.4, -0.2) is 24.1 Å². The zero-order valence-corrected chi connectivity index (χ0v) is 11.7. The van der Waals surface area contributed by atoms with Gasteiger partial charge in [-0.2, -0.15) is 0 Å². The third-order valence-electron chi connectivity index (χ3n) is 2.38. The average molecular weight is 305 g/mol. The number of Topliss-reactive ketones (excluding diaryl/α,β-unsaturated/α-hetero) is 1. The number of benzene rings is 1. The number of carbonyl (C=O) groups excluding carboxylic acids is 1. The van der Waals surface area contributed by atoms with Crippen LogP contribution in [0.5, 0.6) is 0 Å². The largest absolute Gasteiger partial charge is 0.291 e. The Labute approximate surface area is 104 Å². The Bertz CT molecular complexity index is 518. The van der Waals surface area contributed by atoms with Crippen LogP contribution in [0.25, 0.3) is 0 Å². The molecular weight excluding hydrogens is 292 g/mol. The number of halogens is 1. The second kappa shape index (κ2) is 4.30. The van der Waals surface area contributed by atoms with Gasteiger partial charge in [0.1, 0.15) is 0 Å². The Morgan fingerprint density at radius 2 is 1.94 bits per heavy atom. The molecule has 0 saturated heterocycles. The first-order chi connectivity index (χ1) is 7.16. The molecule has 1 aromatic rings. The van der Waals surface area contributed by atoms with Crippen molar-refractivity contribution in [1.29, 1.82) is 0 Å². The van der Waals surface area contributed by atoms with E-state index in [4.69, 9.17) is 0 Å². The summed E-state index contributed by atoms with van der Waals surface area (Å²) in [5.41, 5.74) is 1.31. The molecule has 88 valence electrons. The van der Waals surface area contributed by atoms with Crippen LogP contribution >= 0.6 is 15.9 Å². The Morgan fingerprint density at radius 1 is 1.38 bits per heavy atom. The van der Waals surface area contributed by atoms with E-state index in [0.29, 0.717) is 5.56 Å². The molecular formula is C11H13BrO3S. The topological polar surface area (TPSA) is 51.2 Å². The van der Waals surface area contributed by atoms with Gasteiger partial charge >= 0.3 is 0 Å². The fraction of sp³-hybridized carbons (Fsp3) is 0.364. The molecule has 0 N–H and O–H groups in total. The predicted octanol–water partition coefficient (Wildman–Crippen LogP) is 2.33. The maximum atomic E-state index is 12.0. The molecule has 0 radical (unpaired) electrons. The minimum Gasteiger partial charge on any atom is -0.291 e. The molecule has 0 fully saturated rings. The van der Waals surface area contributed by atoms with Crippen molar-refractivity contribution in [1.82, 2.24) is 0 Å². The van der Waals surface area contributed by atoms with E-state index in [1.54, 1.807) is 18.2 Å². The van der Waals surface area contributed by atoms with Gasteiger partial charge in [0.2, 0.25) is 0 Å². The highest BCUT2D eigenvalue weighted by Crippen LogP contribution is 2.28. The quantitative estimate of drug-likeness (QED) is 0.636. The van der Waals surface area contributed by atoms with Gasteiger partial charge in [-0.05, 0) is 19.9 Å². The van der Waals surface area contributed by atoms with E-state index in [9.17, 15) is 13.2 Å². The van der Waals surface area contributed by atoms with Gasteiger partial charge in [0.05, 0.1) is 0 Å². The summed E-state index contributed by atoms with van der Waals surface area (Å²) >= 11 is 2.99. The molecule has 1 atom stereocenters. The molecule has 0 aliphatic rings. The molecule has 0 bridgehead atoms. The first-order valence-electron chi connectivity index (χ1n) is 4.66. The monoisotopic (exact) mass is 304 g/mol.